The van der Waals surface area contributed by atoms with Gasteiger partial charge in [0.15, 0.2) is 0 Å². The van der Waals surface area contributed by atoms with Crippen LogP contribution >= 0.6 is 11.6 Å². The normalized spacial score (nSPS) is 12.0. The molecule has 0 aliphatic carbocycles. The molecule has 20 heavy (non-hydrogen) atoms. The highest BCUT2D eigenvalue weighted by molar-refractivity contribution is 6.31. The van der Waals surface area contributed by atoms with Crippen molar-refractivity contribution in [2.45, 2.75) is 6.18 Å². The summed E-state index contributed by atoms with van der Waals surface area (Å²) in [5.74, 6) is 0. The number of aromatic amines is 1. The third-order valence-corrected chi connectivity index (χ3v) is 3.38. The molecule has 0 amide bonds. The number of alkyl halides is 3. The maximum atomic E-state index is 12.8. The summed E-state index contributed by atoms with van der Waals surface area (Å²) in [5.41, 5.74) is 1.38. The number of rotatable bonds is 1. The molecule has 0 aliphatic rings. The van der Waals surface area contributed by atoms with Crippen LogP contribution in [-0.4, -0.2) is 4.98 Å². The van der Waals surface area contributed by atoms with E-state index in [1.165, 1.54) is 6.07 Å². The minimum atomic E-state index is -4.35. The molecule has 0 radical (unpaired) electrons. The maximum absolute atomic E-state index is 12.8. The summed E-state index contributed by atoms with van der Waals surface area (Å²) < 4.78 is 38.3. The van der Waals surface area contributed by atoms with Gasteiger partial charge in [-0.15, -0.1) is 0 Å². The molecule has 0 saturated heterocycles. The zero-order valence-electron chi connectivity index (χ0n) is 10.1. The van der Waals surface area contributed by atoms with Crippen molar-refractivity contribution in [3.63, 3.8) is 0 Å². The highest BCUT2D eigenvalue weighted by atomic mass is 35.5. The van der Waals surface area contributed by atoms with Crippen LogP contribution in [0.1, 0.15) is 5.56 Å². The Hall–Kier alpha value is -1.94. The Morgan fingerprint density at radius 1 is 1.00 bits per heavy atom. The van der Waals surface area contributed by atoms with E-state index in [9.17, 15) is 13.2 Å². The van der Waals surface area contributed by atoms with Crippen molar-refractivity contribution in [1.82, 2.24) is 4.98 Å². The first-order valence-electron chi connectivity index (χ1n) is 5.89. The van der Waals surface area contributed by atoms with Gasteiger partial charge < -0.3 is 4.98 Å². The summed E-state index contributed by atoms with van der Waals surface area (Å²) >= 11 is 5.94. The van der Waals surface area contributed by atoms with Crippen LogP contribution in [0.4, 0.5) is 13.2 Å². The van der Waals surface area contributed by atoms with Crippen LogP contribution in [-0.2, 0) is 6.18 Å². The van der Waals surface area contributed by atoms with Gasteiger partial charge in [-0.1, -0.05) is 23.7 Å². The first-order chi connectivity index (χ1) is 9.45. The van der Waals surface area contributed by atoms with Gasteiger partial charge in [0.05, 0.1) is 5.56 Å². The summed E-state index contributed by atoms with van der Waals surface area (Å²) in [6.07, 6.45) is -2.66. The Morgan fingerprint density at radius 2 is 1.80 bits per heavy atom. The number of fused-ring (bicyclic) bond motifs is 1. The zero-order valence-corrected chi connectivity index (χ0v) is 10.9. The van der Waals surface area contributed by atoms with Crippen molar-refractivity contribution in [3.8, 4) is 11.1 Å². The van der Waals surface area contributed by atoms with Crippen molar-refractivity contribution in [2.24, 2.45) is 0 Å². The van der Waals surface area contributed by atoms with Crippen molar-refractivity contribution < 1.29 is 13.2 Å². The van der Waals surface area contributed by atoms with Crippen LogP contribution in [0.5, 0.6) is 0 Å². The van der Waals surface area contributed by atoms with E-state index in [0.29, 0.717) is 16.1 Å². The summed E-state index contributed by atoms with van der Waals surface area (Å²) in [4.78, 5) is 3.03. The van der Waals surface area contributed by atoms with Crippen LogP contribution in [0.2, 0.25) is 5.02 Å². The van der Waals surface area contributed by atoms with Crippen molar-refractivity contribution >= 4 is 22.5 Å². The fourth-order valence-electron chi connectivity index (χ4n) is 2.19. The monoisotopic (exact) mass is 295 g/mol. The third-order valence-electron chi connectivity index (χ3n) is 3.14. The Morgan fingerprint density at radius 3 is 2.55 bits per heavy atom. The predicted molar refractivity (Wildman–Crippen MR) is 73.7 cm³/mol. The molecule has 0 saturated carbocycles. The van der Waals surface area contributed by atoms with Gasteiger partial charge in [0.2, 0.25) is 0 Å². The fourth-order valence-corrected chi connectivity index (χ4v) is 2.37. The number of nitrogens with one attached hydrogen (secondary N) is 1. The van der Waals surface area contributed by atoms with Crippen LogP contribution in [0, 0.1) is 0 Å². The Kier molecular flexibility index (Phi) is 2.98. The molecule has 2 aromatic carbocycles. The van der Waals surface area contributed by atoms with Crippen LogP contribution < -0.4 is 0 Å². The van der Waals surface area contributed by atoms with E-state index in [0.717, 1.165) is 23.0 Å². The van der Waals surface area contributed by atoms with Gasteiger partial charge in [-0.25, -0.2) is 0 Å². The first-order valence-corrected chi connectivity index (χ1v) is 6.27. The molecule has 0 unspecified atom stereocenters. The molecular weight excluding hydrogens is 287 g/mol. The van der Waals surface area contributed by atoms with E-state index in [4.69, 9.17) is 11.6 Å². The minimum absolute atomic E-state index is 0.508. The molecule has 0 fully saturated rings. The van der Waals surface area contributed by atoms with E-state index in [1.807, 2.05) is 0 Å². The molecule has 102 valence electrons. The molecule has 0 aliphatic heterocycles. The topological polar surface area (TPSA) is 15.8 Å². The molecule has 0 atom stereocenters. The highest BCUT2D eigenvalue weighted by Gasteiger charge is 2.30. The highest BCUT2D eigenvalue weighted by Crippen LogP contribution is 2.35. The lowest BCUT2D eigenvalue weighted by molar-refractivity contribution is -0.137. The number of aromatic nitrogens is 1. The lowest BCUT2D eigenvalue weighted by Crippen LogP contribution is -2.04. The summed E-state index contributed by atoms with van der Waals surface area (Å²) in [6.45, 7) is 0. The molecule has 1 aromatic heterocycles. The van der Waals surface area contributed by atoms with E-state index in [2.05, 4.69) is 4.98 Å². The van der Waals surface area contributed by atoms with Gasteiger partial charge in [-0.05, 0) is 35.9 Å². The molecular formula is C15H9ClF3N. The van der Waals surface area contributed by atoms with Crippen molar-refractivity contribution in [2.75, 3.05) is 0 Å². The van der Waals surface area contributed by atoms with E-state index < -0.39 is 11.7 Å². The molecule has 3 aromatic rings. The second-order valence-electron chi connectivity index (χ2n) is 4.47. The van der Waals surface area contributed by atoms with Gasteiger partial charge in [0.1, 0.15) is 0 Å². The van der Waals surface area contributed by atoms with Crippen molar-refractivity contribution in [3.05, 3.63) is 59.2 Å². The van der Waals surface area contributed by atoms with Gasteiger partial charge in [-0.2, -0.15) is 13.2 Å². The second-order valence-corrected chi connectivity index (χ2v) is 4.91. The number of hydrogen-bond donors (Lipinski definition) is 1. The summed E-state index contributed by atoms with van der Waals surface area (Å²) in [7, 11) is 0. The van der Waals surface area contributed by atoms with Gasteiger partial charge in [-0.3, -0.25) is 0 Å². The Bertz CT molecular complexity index is 774. The molecule has 0 bridgehead atoms. The van der Waals surface area contributed by atoms with E-state index >= 15 is 0 Å². The molecule has 1 heterocycles. The standard InChI is InChI=1S/C15H9ClF3N/c16-11-4-5-14-12(7-11)13(8-20-14)9-2-1-3-10(6-9)15(17,18)19/h1-8,20H. The summed E-state index contributed by atoms with van der Waals surface area (Å²) in [6, 6.07) is 10.5. The van der Waals surface area contributed by atoms with E-state index in [1.54, 1.807) is 30.5 Å². The zero-order chi connectivity index (χ0) is 14.3. The molecule has 3 rings (SSSR count). The Balaban J connectivity index is 2.18. The minimum Gasteiger partial charge on any atom is -0.361 e. The second kappa shape index (κ2) is 4.56. The summed E-state index contributed by atoms with van der Waals surface area (Å²) in [5, 5.41) is 1.35. The smallest absolute Gasteiger partial charge is 0.361 e. The Labute approximate surface area is 118 Å². The fraction of sp³-hybridized carbons (Fsp3) is 0.0667. The van der Waals surface area contributed by atoms with Crippen LogP contribution in [0.25, 0.3) is 22.0 Å². The number of halogens is 4. The van der Waals surface area contributed by atoms with Gasteiger partial charge in [0, 0.05) is 27.7 Å². The maximum Gasteiger partial charge on any atom is 0.416 e. The van der Waals surface area contributed by atoms with Crippen LogP contribution in [0.3, 0.4) is 0 Å². The first kappa shape index (κ1) is 13.1. The molecule has 0 spiro atoms. The van der Waals surface area contributed by atoms with E-state index in [-0.39, 0.29) is 0 Å². The third kappa shape index (κ3) is 2.27. The number of hydrogen-bond acceptors (Lipinski definition) is 0. The average Bonchev–Trinajstić information content (AvgIpc) is 2.81. The lowest BCUT2D eigenvalue weighted by atomic mass is 10.0. The molecule has 5 heteroatoms. The molecule has 1 N–H and O–H groups in total. The average molecular weight is 296 g/mol. The molecule has 1 nitrogen and oxygen atoms in total. The number of benzene rings is 2. The number of H-pyrrole nitrogens is 1. The van der Waals surface area contributed by atoms with Crippen molar-refractivity contribution in [1.29, 1.82) is 0 Å². The largest absolute Gasteiger partial charge is 0.416 e. The van der Waals surface area contributed by atoms with Crippen LogP contribution in [0.15, 0.2) is 48.7 Å². The quantitative estimate of drug-likeness (QED) is 0.609. The van der Waals surface area contributed by atoms with Gasteiger partial charge in [0.25, 0.3) is 0 Å². The van der Waals surface area contributed by atoms with Gasteiger partial charge >= 0.3 is 6.18 Å². The lowest BCUT2D eigenvalue weighted by Gasteiger charge is -2.08. The SMILES string of the molecule is FC(F)(F)c1cccc(-c2c[nH]c3ccc(Cl)cc23)c1. The predicted octanol–water partition coefficient (Wildman–Crippen LogP) is 5.51.